The van der Waals surface area contributed by atoms with Crippen molar-refractivity contribution in [2.75, 3.05) is 13.1 Å². The fraction of sp³-hybridized carbons (Fsp3) is 0.438. The van der Waals surface area contributed by atoms with Crippen LogP contribution in [0.1, 0.15) is 43.2 Å². The van der Waals surface area contributed by atoms with Crippen molar-refractivity contribution in [3.63, 3.8) is 0 Å². The van der Waals surface area contributed by atoms with Gasteiger partial charge in [-0.15, -0.1) is 0 Å². The van der Waals surface area contributed by atoms with Crippen LogP contribution in [0.2, 0.25) is 0 Å². The zero-order chi connectivity index (χ0) is 15.5. The van der Waals surface area contributed by atoms with Crippen LogP contribution in [-0.2, 0) is 4.74 Å². The van der Waals surface area contributed by atoms with Crippen molar-refractivity contribution >= 4 is 18.0 Å². The molecule has 0 N–H and O–H groups in total. The number of carbonyl (C=O) groups excluding carboxylic acids is 2. The molecule has 0 atom stereocenters. The van der Waals surface area contributed by atoms with Gasteiger partial charge in [-0.3, -0.25) is 9.78 Å². The predicted molar refractivity (Wildman–Crippen MR) is 80.0 cm³/mol. The lowest BCUT2D eigenvalue weighted by Crippen LogP contribution is -2.39. The molecule has 2 rings (SSSR count). The number of amides is 1. The molecule has 0 radical (unpaired) electrons. The minimum Gasteiger partial charge on any atom is -0.444 e. The largest absolute Gasteiger partial charge is 0.444 e. The van der Waals surface area contributed by atoms with E-state index in [1.165, 1.54) is 0 Å². The smallest absolute Gasteiger partial charge is 0.410 e. The van der Waals surface area contributed by atoms with Crippen LogP contribution in [0.4, 0.5) is 4.79 Å². The van der Waals surface area contributed by atoms with E-state index in [0.717, 1.165) is 17.6 Å². The summed E-state index contributed by atoms with van der Waals surface area (Å²) in [7, 11) is 0. The molecule has 0 spiro atoms. The first-order chi connectivity index (χ1) is 9.89. The van der Waals surface area contributed by atoms with Gasteiger partial charge in [-0.1, -0.05) is 6.08 Å². The number of aromatic nitrogens is 1. The van der Waals surface area contributed by atoms with Crippen LogP contribution in [0.3, 0.4) is 0 Å². The van der Waals surface area contributed by atoms with Gasteiger partial charge in [-0.25, -0.2) is 4.79 Å². The summed E-state index contributed by atoms with van der Waals surface area (Å²) in [5.41, 5.74) is 1.97. The van der Waals surface area contributed by atoms with Gasteiger partial charge in [-0.05, 0) is 44.9 Å². The van der Waals surface area contributed by atoms with E-state index in [2.05, 4.69) is 4.98 Å². The molecule has 0 saturated carbocycles. The summed E-state index contributed by atoms with van der Waals surface area (Å²) in [6, 6.07) is 3.44. The van der Waals surface area contributed by atoms with Crippen molar-refractivity contribution in [1.29, 1.82) is 0 Å². The standard InChI is InChI=1S/C16H20N2O3/c1-16(2,3)21-15(20)18-8-5-13(6-9-18)14-10-12(11-19)4-7-17-14/h4-5,7,10-11H,6,8-9H2,1-3H3. The second kappa shape index (κ2) is 6.08. The van der Waals surface area contributed by atoms with E-state index in [1.54, 1.807) is 23.2 Å². The fourth-order valence-corrected chi connectivity index (χ4v) is 2.09. The Morgan fingerprint density at radius 2 is 2.19 bits per heavy atom. The average molecular weight is 288 g/mol. The molecule has 0 saturated heterocycles. The summed E-state index contributed by atoms with van der Waals surface area (Å²) in [6.07, 6.45) is 4.80. The van der Waals surface area contributed by atoms with Crippen molar-refractivity contribution in [2.24, 2.45) is 0 Å². The number of rotatable bonds is 2. The van der Waals surface area contributed by atoms with Gasteiger partial charge in [0.2, 0.25) is 0 Å². The van der Waals surface area contributed by atoms with Crippen molar-refractivity contribution in [2.45, 2.75) is 32.8 Å². The van der Waals surface area contributed by atoms with Crippen LogP contribution >= 0.6 is 0 Å². The van der Waals surface area contributed by atoms with Crippen LogP contribution < -0.4 is 0 Å². The minimum absolute atomic E-state index is 0.299. The van der Waals surface area contributed by atoms with E-state index in [9.17, 15) is 9.59 Å². The molecule has 0 aromatic carbocycles. The third kappa shape index (κ3) is 4.15. The molecule has 0 fully saturated rings. The molecule has 2 heterocycles. The van der Waals surface area contributed by atoms with Gasteiger partial charge in [0.15, 0.2) is 0 Å². The predicted octanol–water partition coefficient (Wildman–Crippen LogP) is 2.92. The van der Waals surface area contributed by atoms with Crippen LogP contribution in [0.15, 0.2) is 24.4 Å². The third-order valence-electron chi connectivity index (χ3n) is 3.11. The Hall–Kier alpha value is -2.17. The summed E-state index contributed by atoms with van der Waals surface area (Å²) >= 11 is 0. The van der Waals surface area contributed by atoms with Crippen LogP contribution in [0.5, 0.6) is 0 Å². The van der Waals surface area contributed by atoms with Gasteiger partial charge in [0.05, 0.1) is 5.69 Å². The van der Waals surface area contributed by atoms with E-state index >= 15 is 0 Å². The highest BCUT2D eigenvalue weighted by Gasteiger charge is 2.24. The van der Waals surface area contributed by atoms with Gasteiger partial charge < -0.3 is 9.64 Å². The van der Waals surface area contributed by atoms with Crippen molar-refractivity contribution in [3.8, 4) is 0 Å². The van der Waals surface area contributed by atoms with E-state index in [4.69, 9.17) is 4.74 Å². The average Bonchev–Trinajstić information content (AvgIpc) is 2.46. The maximum atomic E-state index is 12.0. The van der Waals surface area contributed by atoms with Gasteiger partial charge in [-0.2, -0.15) is 0 Å². The van der Waals surface area contributed by atoms with Crippen LogP contribution in [-0.4, -0.2) is 41.0 Å². The Bertz CT molecular complexity index is 573. The van der Waals surface area contributed by atoms with Gasteiger partial charge >= 0.3 is 6.09 Å². The molecule has 1 aliphatic rings. The number of ether oxygens (including phenoxy) is 1. The van der Waals surface area contributed by atoms with E-state index in [-0.39, 0.29) is 6.09 Å². The topological polar surface area (TPSA) is 59.5 Å². The monoisotopic (exact) mass is 288 g/mol. The number of pyridine rings is 1. The molecule has 0 bridgehead atoms. The SMILES string of the molecule is CC(C)(C)OC(=O)N1CC=C(c2cc(C=O)ccn2)CC1. The molecule has 1 aromatic rings. The zero-order valence-electron chi connectivity index (χ0n) is 12.6. The Morgan fingerprint density at radius 1 is 1.43 bits per heavy atom. The number of carbonyl (C=O) groups is 2. The molecule has 21 heavy (non-hydrogen) atoms. The normalized spacial score (nSPS) is 15.4. The molecule has 5 nitrogen and oxygen atoms in total. The fourth-order valence-electron chi connectivity index (χ4n) is 2.09. The van der Waals surface area contributed by atoms with Gasteiger partial charge in [0, 0.05) is 24.8 Å². The van der Waals surface area contributed by atoms with Gasteiger partial charge in [0.25, 0.3) is 0 Å². The lowest BCUT2D eigenvalue weighted by Gasteiger charge is -2.29. The maximum absolute atomic E-state index is 12.0. The molecule has 5 heteroatoms. The Labute approximate surface area is 124 Å². The van der Waals surface area contributed by atoms with Crippen molar-refractivity contribution in [1.82, 2.24) is 9.88 Å². The quantitative estimate of drug-likeness (QED) is 0.785. The van der Waals surface area contributed by atoms with Crippen molar-refractivity contribution in [3.05, 3.63) is 35.7 Å². The zero-order valence-corrected chi connectivity index (χ0v) is 12.6. The van der Waals surface area contributed by atoms with E-state index < -0.39 is 5.60 Å². The lowest BCUT2D eigenvalue weighted by molar-refractivity contribution is 0.0270. The number of hydrogen-bond acceptors (Lipinski definition) is 4. The molecular formula is C16H20N2O3. The second-order valence-corrected chi connectivity index (χ2v) is 6.00. The van der Waals surface area contributed by atoms with Crippen LogP contribution in [0.25, 0.3) is 5.57 Å². The van der Waals surface area contributed by atoms with Gasteiger partial charge in [0.1, 0.15) is 11.9 Å². The molecule has 0 aliphatic carbocycles. The molecule has 0 unspecified atom stereocenters. The number of aldehydes is 1. The van der Waals surface area contributed by atoms with E-state index in [0.29, 0.717) is 25.1 Å². The number of nitrogens with zero attached hydrogens (tertiary/aromatic N) is 2. The number of hydrogen-bond donors (Lipinski definition) is 0. The highest BCUT2D eigenvalue weighted by Crippen LogP contribution is 2.22. The molecule has 1 amide bonds. The Balaban J connectivity index is 2.04. The minimum atomic E-state index is -0.485. The van der Waals surface area contributed by atoms with Crippen molar-refractivity contribution < 1.29 is 14.3 Å². The maximum Gasteiger partial charge on any atom is 0.410 e. The second-order valence-electron chi connectivity index (χ2n) is 6.00. The first kappa shape index (κ1) is 15.2. The highest BCUT2D eigenvalue weighted by atomic mass is 16.6. The first-order valence-corrected chi connectivity index (χ1v) is 6.97. The molecule has 112 valence electrons. The first-order valence-electron chi connectivity index (χ1n) is 6.97. The summed E-state index contributed by atoms with van der Waals surface area (Å²) < 4.78 is 5.35. The molecule has 1 aromatic heterocycles. The third-order valence-corrected chi connectivity index (χ3v) is 3.11. The Morgan fingerprint density at radius 3 is 2.76 bits per heavy atom. The molecular weight excluding hydrogens is 268 g/mol. The summed E-state index contributed by atoms with van der Waals surface area (Å²) in [5, 5.41) is 0. The Kier molecular flexibility index (Phi) is 4.40. The summed E-state index contributed by atoms with van der Waals surface area (Å²) in [5.74, 6) is 0. The summed E-state index contributed by atoms with van der Waals surface area (Å²) in [6.45, 7) is 6.64. The highest BCUT2D eigenvalue weighted by molar-refractivity contribution is 5.77. The molecule has 1 aliphatic heterocycles. The van der Waals surface area contributed by atoms with E-state index in [1.807, 2.05) is 26.8 Å². The van der Waals surface area contributed by atoms with Crippen LogP contribution in [0, 0.1) is 0 Å². The summed E-state index contributed by atoms with van der Waals surface area (Å²) in [4.78, 5) is 28.7. The lowest BCUT2D eigenvalue weighted by atomic mass is 10.0.